The molecule has 0 bridgehead atoms. The number of nitrogens with one attached hydrogen (secondary N) is 1. The van der Waals surface area contributed by atoms with Crippen molar-refractivity contribution in [3.05, 3.63) is 70.5 Å². The van der Waals surface area contributed by atoms with Gasteiger partial charge in [0.1, 0.15) is 18.0 Å². The summed E-state index contributed by atoms with van der Waals surface area (Å²) in [6, 6.07) is 12.4. The summed E-state index contributed by atoms with van der Waals surface area (Å²) in [5, 5.41) is 3.26. The number of hydrogen-bond donors (Lipinski definition) is 1. The number of esters is 1. The molecule has 2 atom stereocenters. The lowest BCUT2D eigenvalue weighted by Gasteiger charge is -2.35. The largest absolute Gasteiger partial charge is 0.467 e. The smallest absolute Gasteiger partial charge is 0.408 e. The molecular formula is C27H33ClFNO4. The summed E-state index contributed by atoms with van der Waals surface area (Å²) in [5.74, 6) is -0.586. The summed E-state index contributed by atoms with van der Waals surface area (Å²) >= 11 is 6.21. The number of hydrogen-bond acceptors (Lipinski definition) is 4. The first kappa shape index (κ1) is 26.0. The molecule has 5 nitrogen and oxygen atoms in total. The van der Waals surface area contributed by atoms with Crippen molar-refractivity contribution >= 4 is 23.7 Å². The van der Waals surface area contributed by atoms with Gasteiger partial charge in [0.25, 0.3) is 0 Å². The Bertz CT molecular complexity index is 990. The number of benzene rings is 2. The highest BCUT2D eigenvalue weighted by Gasteiger charge is 2.37. The molecule has 1 N–H and O–H groups in total. The van der Waals surface area contributed by atoms with Gasteiger partial charge in [0, 0.05) is 10.4 Å². The van der Waals surface area contributed by atoms with Gasteiger partial charge in [-0.05, 0) is 47.7 Å². The molecule has 0 heterocycles. The van der Waals surface area contributed by atoms with Crippen molar-refractivity contribution in [3.8, 4) is 0 Å². The first-order chi connectivity index (χ1) is 16.2. The van der Waals surface area contributed by atoms with E-state index in [1.165, 1.54) is 25.7 Å². The zero-order chi connectivity index (χ0) is 24.7. The quantitative estimate of drug-likeness (QED) is 0.417. The number of carbonyl (C=O) groups is 2. The second kappa shape index (κ2) is 11.7. The van der Waals surface area contributed by atoms with Crippen molar-refractivity contribution in [1.82, 2.24) is 5.32 Å². The molecule has 7 heteroatoms. The summed E-state index contributed by atoms with van der Waals surface area (Å²) in [6.45, 7) is 3.81. The third kappa shape index (κ3) is 6.72. The standard InChI is InChI=1S/C27H33ClFNO4/c1-27(2,20-12-8-13-21(28)17-20)24(19-11-7-14-22(29)16-19)34-26(32)30-23(25(31)33-3)15-18-9-5-4-6-10-18/h7-8,11-14,16-18,23-24H,4-6,9-10,15H2,1-3H3,(H,30,32)/t23-,24-/m0/s1. The van der Waals surface area contributed by atoms with Gasteiger partial charge in [-0.3, -0.25) is 0 Å². The van der Waals surface area contributed by atoms with E-state index in [0.717, 1.165) is 31.2 Å². The minimum Gasteiger partial charge on any atom is -0.467 e. The molecule has 1 aliphatic carbocycles. The fraction of sp³-hybridized carbons (Fsp3) is 0.481. The van der Waals surface area contributed by atoms with Gasteiger partial charge in [-0.25, -0.2) is 14.0 Å². The van der Waals surface area contributed by atoms with Crippen LogP contribution in [-0.4, -0.2) is 25.2 Å². The lowest BCUT2D eigenvalue weighted by molar-refractivity contribution is -0.143. The zero-order valence-electron chi connectivity index (χ0n) is 20.0. The predicted octanol–water partition coefficient (Wildman–Crippen LogP) is 6.74. The summed E-state index contributed by atoms with van der Waals surface area (Å²) in [4.78, 5) is 25.5. The Hall–Kier alpha value is -2.60. The normalized spacial score (nSPS) is 16.4. The highest BCUT2D eigenvalue weighted by Crippen LogP contribution is 2.40. The van der Waals surface area contributed by atoms with Crippen molar-refractivity contribution in [2.45, 2.75) is 69.9 Å². The molecule has 34 heavy (non-hydrogen) atoms. The Morgan fingerprint density at radius 2 is 1.82 bits per heavy atom. The number of rotatable bonds is 8. The van der Waals surface area contributed by atoms with Gasteiger partial charge in [-0.1, -0.05) is 81.8 Å². The molecule has 1 aliphatic rings. The van der Waals surface area contributed by atoms with Gasteiger partial charge >= 0.3 is 12.1 Å². The molecular weight excluding hydrogens is 457 g/mol. The number of carbonyl (C=O) groups excluding carboxylic acids is 2. The lowest BCUT2D eigenvalue weighted by atomic mass is 9.76. The highest BCUT2D eigenvalue weighted by atomic mass is 35.5. The van der Waals surface area contributed by atoms with E-state index in [9.17, 15) is 14.0 Å². The third-order valence-electron chi connectivity index (χ3n) is 6.67. The van der Waals surface area contributed by atoms with E-state index in [1.807, 2.05) is 26.0 Å². The molecule has 0 saturated heterocycles. The average Bonchev–Trinajstić information content (AvgIpc) is 2.82. The summed E-state index contributed by atoms with van der Waals surface area (Å²) in [7, 11) is 1.31. The maximum atomic E-state index is 14.1. The molecule has 0 spiro atoms. The molecule has 3 rings (SSSR count). The van der Waals surface area contributed by atoms with Crippen molar-refractivity contribution < 1.29 is 23.5 Å². The Labute approximate surface area is 206 Å². The molecule has 0 unspecified atom stereocenters. The van der Waals surface area contributed by atoms with Crippen LogP contribution < -0.4 is 5.32 Å². The van der Waals surface area contributed by atoms with Gasteiger partial charge in [-0.2, -0.15) is 0 Å². The average molecular weight is 490 g/mol. The van der Waals surface area contributed by atoms with Crippen LogP contribution in [0.2, 0.25) is 5.02 Å². The molecule has 1 amide bonds. The van der Waals surface area contributed by atoms with E-state index in [4.69, 9.17) is 21.1 Å². The van der Waals surface area contributed by atoms with Gasteiger partial charge in [0.2, 0.25) is 0 Å². The zero-order valence-corrected chi connectivity index (χ0v) is 20.7. The maximum absolute atomic E-state index is 14.1. The van der Waals surface area contributed by atoms with Crippen LogP contribution in [0.3, 0.4) is 0 Å². The Morgan fingerprint density at radius 3 is 2.47 bits per heavy atom. The molecule has 1 saturated carbocycles. The minimum atomic E-state index is -0.838. The van der Waals surface area contributed by atoms with Crippen LogP contribution in [-0.2, 0) is 19.7 Å². The van der Waals surface area contributed by atoms with Crippen LogP contribution in [0.5, 0.6) is 0 Å². The first-order valence-electron chi connectivity index (χ1n) is 11.8. The molecule has 0 aromatic heterocycles. The molecule has 184 valence electrons. The summed E-state index contributed by atoms with van der Waals surface area (Å²) < 4.78 is 24.9. The van der Waals surface area contributed by atoms with Crippen molar-refractivity contribution in [1.29, 1.82) is 0 Å². The molecule has 0 aliphatic heterocycles. The van der Waals surface area contributed by atoms with E-state index >= 15 is 0 Å². The lowest BCUT2D eigenvalue weighted by Crippen LogP contribution is -2.44. The minimum absolute atomic E-state index is 0.347. The Balaban J connectivity index is 1.84. The van der Waals surface area contributed by atoms with Crippen LogP contribution in [0.15, 0.2) is 48.5 Å². The second-order valence-electron chi connectivity index (χ2n) is 9.53. The number of amides is 1. The van der Waals surface area contributed by atoms with Crippen LogP contribution in [0.1, 0.15) is 69.6 Å². The maximum Gasteiger partial charge on any atom is 0.408 e. The fourth-order valence-corrected chi connectivity index (χ4v) is 4.93. The van der Waals surface area contributed by atoms with Crippen LogP contribution in [0, 0.1) is 11.7 Å². The van der Waals surface area contributed by atoms with Gasteiger partial charge in [0.15, 0.2) is 0 Å². The summed E-state index contributed by atoms with van der Waals surface area (Å²) in [6.07, 6.45) is 4.41. The monoisotopic (exact) mass is 489 g/mol. The SMILES string of the molecule is COC(=O)[C@H](CC1CCCCC1)NC(=O)O[C@@H](c1cccc(F)c1)C(C)(C)c1cccc(Cl)c1. The number of alkyl carbamates (subject to hydrolysis) is 1. The molecule has 0 radical (unpaired) electrons. The second-order valence-corrected chi connectivity index (χ2v) is 9.97. The van der Waals surface area contributed by atoms with Gasteiger partial charge < -0.3 is 14.8 Å². The molecule has 1 fully saturated rings. The van der Waals surface area contributed by atoms with Gasteiger partial charge in [-0.15, -0.1) is 0 Å². The van der Waals surface area contributed by atoms with Crippen LogP contribution in [0.4, 0.5) is 9.18 Å². The predicted molar refractivity (Wildman–Crippen MR) is 130 cm³/mol. The van der Waals surface area contributed by atoms with Crippen molar-refractivity contribution in [3.63, 3.8) is 0 Å². The van der Waals surface area contributed by atoms with Gasteiger partial charge in [0.05, 0.1) is 7.11 Å². The Kier molecular flexibility index (Phi) is 8.95. The van der Waals surface area contributed by atoms with Crippen LogP contribution >= 0.6 is 11.6 Å². The number of halogens is 2. The highest BCUT2D eigenvalue weighted by molar-refractivity contribution is 6.30. The van der Waals surface area contributed by atoms with Crippen molar-refractivity contribution in [2.24, 2.45) is 5.92 Å². The first-order valence-corrected chi connectivity index (χ1v) is 12.1. The number of ether oxygens (including phenoxy) is 2. The van der Waals surface area contributed by atoms with E-state index in [1.54, 1.807) is 24.3 Å². The van der Waals surface area contributed by atoms with Crippen molar-refractivity contribution in [2.75, 3.05) is 7.11 Å². The van der Waals surface area contributed by atoms with Crippen LogP contribution in [0.25, 0.3) is 0 Å². The molecule has 2 aromatic carbocycles. The number of methoxy groups -OCH3 is 1. The Morgan fingerprint density at radius 1 is 1.12 bits per heavy atom. The molecule has 2 aromatic rings. The van der Waals surface area contributed by atoms with E-state index in [2.05, 4.69) is 5.32 Å². The third-order valence-corrected chi connectivity index (χ3v) is 6.91. The fourth-order valence-electron chi connectivity index (χ4n) is 4.74. The van der Waals surface area contributed by atoms with E-state index in [0.29, 0.717) is 22.9 Å². The summed E-state index contributed by atoms with van der Waals surface area (Å²) in [5.41, 5.74) is 0.580. The van der Waals surface area contributed by atoms with E-state index < -0.39 is 35.4 Å². The van der Waals surface area contributed by atoms with E-state index in [-0.39, 0.29) is 0 Å². The topological polar surface area (TPSA) is 64.6 Å².